The Kier molecular flexibility index (Phi) is 3.47. The molecule has 106 valence electrons. The summed E-state index contributed by atoms with van der Waals surface area (Å²) in [5, 5.41) is 9.10. The Balaban J connectivity index is 1.68. The minimum absolute atomic E-state index is 0.0321. The van der Waals surface area contributed by atoms with Crippen LogP contribution in [0.2, 0.25) is 0 Å². The maximum absolute atomic E-state index is 11.1. The van der Waals surface area contributed by atoms with E-state index < -0.39 is 5.97 Å². The van der Waals surface area contributed by atoms with E-state index in [1.54, 1.807) is 0 Å². The molecular weight excluding hydrogens is 254 g/mol. The number of aliphatic imine (C=N–C) groups is 1. The fourth-order valence-corrected chi connectivity index (χ4v) is 3.09. The lowest BCUT2D eigenvalue weighted by Gasteiger charge is -2.26. The van der Waals surface area contributed by atoms with Gasteiger partial charge in [0.25, 0.3) is 0 Å². The number of hydrogen-bond acceptors (Lipinski definition) is 3. The van der Waals surface area contributed by atoms with Gasteiger partial charge in [-0.1, -0.05) is 29.8 Å². The van der Waals surface area contributed by atoms with Crippen molar-refractivity contribution in [3.8, 4) is 0 Å². The highest BCUT2D eigenvalue weighted by molar-refractivity contribution is 5.81. The molecule has 4 heteroatoms. The van der Waals surface area contributed by atoms with Gasteiger partial charge in [-0.05, 0) is 31.7 Å². The smallest absolute Gasteiger partial charge is 0.306 e. The van der Waals surface area contributed by atoms with E-state index in [1.165, 1.54) is 11.1 Å². The Hall–Kier alpha value is -1.84. The quantitative estimate of drug-likeness (QED) is 0.920. The average Bonchev–Trinajstić information content (AvgIpc) is 2.79. The largest absolute Gasteiger partial charge is 0.481 e. The molecule has 0 radical (unpaired) electrons. The Labute approximate surface area is 118 Å². The predicted molar refractivity (Wildman–Crippen MR) is 76.0 cm³/mol. The summed E-state index contributed by atoms with van der Waals surface area (Å²) >= 11 is 0. The second kappa shape index (κ2) is 5.27. The lowest BCUT2D eigenvalue weighted by atomic mass is 9.84. The Morgan fingerprint density at radius 2 is 2.30 bits per heavy atom. The van der Waals surface area contributed by atoms with Crippen LogP contribution in [0.15, 0.2) is 29.3 Å². The molecule has 2 aliphatic rings. The zero-order chi connectivity index (χ0) is 14.1. The molecule has 3 atom stereocenters. The van der Waals surface area contributed by atoms with Crippen molar-refractivity contribution in [2.75, 3.05) is 0 Å². The lowest BCUT2D eigenvalue weighted by molar-refractivity contribution is -0.143. The molecule has 4 nitrogen and oxygen atoms in total. The number of nitrogens with zero attached hydrogens (tertiary/aromatic N) is 1. The normalized spacial score (nSPS) is 28.4. The van der Waals surface area contributed by atoms with Gasteiger partial charge in [0.2, 0.25) is 0 Å². The molecule has 1 N–H and O–H groups in total. The summed E-state index contributed by atoms with van der Waals surface area (Å²) in [6.45, 7) is 2.07. The van der Waals surface area contributed by atoms with Crippen LogP contribution in [-0.4, -0.2) is 29.1 Å². The Morgan fingerprint density at radius 1 is 1.45 bits per heavy atom. The van der Waals surface area contributed by atoms with Crippen LogP contribution < -0.4 is 0 Å². The zero-order valence-corrected chi connectivity index (χ0v) is 11.6. The highest BCUT2D eigenvalue weighted by Gasteiger charge is 2.39. The standard InChI is InChI=1S/C16H19NO3/c1-10-3-2-4-11(7-10)8-15-17-13-9-12(16(18)19)5-6-14(13)20-15/h2-4,7,12-14H,5-6,8-9H2,1H3,(H,18,19). The van der Waals surface area contributed by atoms with E-state index in [9.17, 15) is 4.79 Å². The van der Waals surface area contributed by atoms with Gasteiger partial charge < -0.3 is 9.84 Å². The van der Waals surface area contributed by atoms with Gasteiger partial charge in [0.05, 0.1) is 12.0 Å². The first-order valence-electron chi connectivity index (χ1n) is 7.13. The summed E-state index contributed by atoms with van der Waals surface area (Å²) in [4.78, 5) is 15.7. The summed E-state index contributed by atoms with van der Waals surface area (Å²) in [6.07, 6.45) is 2.89. The van der Waals surface area contributed by atoms with Crippen molar-refractivity contribution in [1.29, 1.82) is 0 Å². The molecule has 0 aromatic heterocycles. The topological polar surface area (TPSA) is 58.9 Å². The van der Waals surface area contributed by atoms with Gasteiger partial charge in [-0.3, -0.25) is 4.79 Å². The number of hydrogen-bond donors (Lipinski definition) is 1. The highest BCUT2D eigenvalue weighted by Crippen LogP contribution is 2.33. The van der Waals surface area contributed by atoms with E-state index in [2.05, 4.69) is 30.1 Å². The second-order valence-electron chi connectivity index (χ2n) is 5.76. The van der Waals surface area contributed by atoms with E-state index in [4.69, 9.17) is 9.84 Å². The molecule has 1 saturated carbocycles. The molecule has 1 aromatic rings. The van der Waals surface area contributed by atoms with Crippen LogP contribution >= 0.6 is 0 Å². The van der Waals surface area contributed by atoms with Crippen molar-refractivity contribution < 1.29 is 14.6 Å². The van der Waals surface area contributed by atoms with Crippen LogP contribution in [0, 0.1) is 12.8 Å². The summed E-state index contributed by atoms with van der Waals surface area (Å²) in [7, 11) is 0. The number of benzene rings is 1. The summed E-state index contributed by atoms with van der Waals surface area (Å²) in [5.74, 6) is -0.204. The highest BCUT2D eigenvalue weighted by atomic mass is 16.5. The molecule has 3 rings (SSSR count). The molecule has 1 aromatic carbocycles. The Bertz CT molecular complexity index is 552. The number of carboxylic acids is 1. The number of carboxylic acid groups (broad SMARTS) is 1. The number of fused-ring (bicyclic) bond motifs is 1. The number of ether oxygens (including phenoxy) is 1. The molecule has 1 heterocycles. The number of carbonyl (C=O) groups is 1. The van der Waals surface area contributed by atoms with Gasteiger partial charge >= 0.3 is 5.97 Å². The zero-order valence-electron chi connectivity index (χ0n) is 11.6. The molecule has 3 unspecified atom stereocenters. The molecule has 1 fully saturated rings. The molecule has 0 bridgehead atoms. The second-order valence-corrected chi connectivity index (χ2v) is 5.76. The van der Waals surface area contributed by atoms with Crippen molar-refractivity contribution in [3.05, 3.63) is 35.4 Å². The van der Waals surface area contributed by atoms with Gasteiger partial charge in [0, 0.05) is 6.42 Å². The van der Waals surface area contributed by atoms with Gasteiger partial charge in [-0.25, -0.2) is 4.99 Å². The maximum atomic E-state index is 11.1. The van der Waals surface area contributed by atoms with Crippen LogP contribution in [0.3, 0.4) is 0 Å². The Morgan fingerprint density at radius 3 is 3.05 bits per heavy atom. The third kappa shape index (κ3) is 2.69. The molecule has 0 saturated heterocycles. The minimum Gasteiger partial charge on any atom is -0.481 e. The van der Waals surface area contributed by atoms with E-state index in [0.29, 0.717) is 19.3 Å². The number of aliphatic carboxylic acids is 1. The summed E-state index contributed by atoms with van der Waals surface area (Å²) in [5.41, 5.74) is 2.42. The van der Waals surface area contributed by atoms with Crippen LogP contribution in [0.25, 0.3) is 0 Å². The average molecular weight is 273 g/mol. The number of rotatable bonds is 3. The van der Waals surface area contributed by atoms with Crippen molar-refractivity contribution in [2.24, 2.45) is 10.9 Å². The van der Waals surface area contributed by atoms with E-state index in [-0.39, 0.29) is 18.1 Å². The molecule has 20 heavy (non-hydrogen) atoms. The van der Waals surface area contributed by atoms with Crippen molar-refractivity contribution in [3.63, 3.8) is 0 Å². The van der Waals surface area contributed by atoms with Crippen LogP contribution in [0.4, 0.5) is 0 Å². The third-order valence-corrected chi connectivity index (χ3v) is 4.14. The van der Waals surface area contributed by atoms with Gasteiger partial charge in [0.1, 0.15) is 6.10 Å². The maximum Gasteiger partial charge on any atom is 0.306 e. The van der Waals surface area contributed by atoms with E-state index >= 15 is 0 Å². The fourth-order valence-electron chi connectivity index (χ4n) is 3.09. The third-order valence-electron chi connectivity index (χ3n) is 4.14. The molecule has 1 aliphatic heterocycles. The SMILES string of the molecule is Cc1cccc(CC2=NC3CC(C(=O)O)CCC3O2)c1. The van der Waals surface area contributed by atoms with Gasteiger partial charge in [-0.2, -0.15) is 0 Å². The molecule has 1 aliphatic carbocycles. The summed E-state index contributed by atoms with van der Waals surface area (Å²) in [6, 6.07) is 8.34. The van der Waals surface area contributed by atoms with Crippen LogP contribution in [0.1, 0.15) is 30.4 Å². The van der Waals surface area contributed by atoms with Gasteiger partial charge in [0.15, 0.2) is 5.90 Å². The number of aryl methyl sites for hydroxylation is 1. The van der Waals surface area contributed by atoms with Crippen molar-refractivity contribution >= 4 is 11.9 Å². The van der Waals surface area contributed by atoms with E-state index in [0.717, 1.165) is 12.3 Å². The van der Waals surface area contributed by atoms with Crippen LogP contribution in [-0.2, 0) is 16.0 Å². The first kappa shape index (κ1) is 13.2. The van der Waals surface area contributed by atoms with E-state index in [1.807, 2.05) is 6.07 Å². The van der Waals surface area contributed by atoms with Crippen LogP contribution in [0.5, 0.6) is 0 Å². The predicted octanol–water partition coefficient (Wildman–Crippen LogP) is 2.59. The summed E-state index contributed by atoms with van der Waals surface area (Å²) < 4.78 is 5.89. The van der Waals surface area contributed by atoms with Gasteiger partial charge in [-0.15, -0.1) is 0 Å². The monoisotopic (exact) mass is 273 g/mol. The first-order chi connectivity index (χ1) is 9.61. The fraction of sp³-hybridized carbons (Fsp3) is 0.500. The molecule has 0 spiro atoms. The minimum atomic E-state index is -0.703. The first-order valence-corrected chi connectivity index (χ1v) is 7.13. The van der Waals surface area contributed by atoms with Crippen molar-refractivity contribution in [1.82, 2.24) is 0 Å². The molecule has 0 amide bonds. The lowest BCUT2D eigenvalue weighted by Crippen LogP contribution is -2.33. The molecular formula is C16H19NO3. The van der Waals surface area contributed by atoms with Crippen molar-refractivity contribution in [2.45, 2.75) is 44.8 Å².